The highest BCUT2D eigenvalue weighted by molar-refractivity contribution is 4.67. The molecule has 0 saturated carbocycles. The minimum atomic E-state index is 0.401. The van der Waals surface area contributed by atoms with Crippen LogP contribution in [0.2, 0.25) is 0 Å². The monoisotopic (exact) mass is 230 g/mol. The van der Waals surface area contributed by atoms with E-state index < -0.39 is 0 Å². The number of unbranched alkanes of at least 4 members (excludes halogenated alkanes) is 3. The van der Waals surface area contributed by atoms with Gasteiger partial charge in [-0.05, 0) is 12.8 Å². The fourth-order valence-corrected chi connectivity index (χ4v) is 1.52. The van der Waals surface area contributed by atoms with E-state index in [2.05, 4.69) is 0 Å². The Morgan fingerprint density at radius 3 is 1.56 bits per heavy atom. The van der Waals surface area contributed by atoms with Gasteiger partial charge in [0.15, 0.2) is 0 Å². The van der Waals surface area contributed by atoms with Crippen molar-refractivity contribution in [3.8, 4) is 0 Å². The fourth-order valence-electron chi connectivity index (χ4n) is 1.52. The average Bonchev–Trinajstić information content (AvgIpc) is 3.14. The van der Waals surface area contributed by atoms with Gasteiger partial charge in [-0.15, -0.1) is 0 Å². The van der Waals surface area contributed by atoms with E-state index in [0.29, 0.717) is 12.2 Å². The van der Waals surface area contributed by atoms with Crippen LogP contribution in [0.15, 0.2) is 0 Å². The Labute approximate surface area is 97.2 Å². The Balaban J connectivity index is 1.22. The summed E-state index contributed by atoms with van der Waals surface area (Å²) in [5, 5.41) is 0. The molecule has 94 valence electrons. The molecule has 0 amide bonds. The van der Waals surface area contributed by atoms with Gasteiger partial charge in [0.25, 0.3) is 0 Å². The smallest absolute Gasteiger partial charge is 0.104 e. The van der Waals surface area contributed by atoms with Gasteiger partial charge >= 0.3 is 0 Å². The van der Waals surface area contributed by atoms with Gasteiger partial charge in [-0.1, -0.05) is 12.8 Å². The minimum absolute atomic E-state index is 0.401. The predicted molar refractivity (Wildman–Crippen MR) is 59.6 cm³/mol. The van der Waals surface area contributed by atoms with Gasteiger partial charge in [-0.2, -0.15) is 0 Å². The van der Waals surface area contributed by atoms with Crippen LogP contribution in [0.3, 0.4) is 0 Å². The third-order valence-corrected chi connectivity index (χ3v) is 2.74. The molecule has 0 radical (unpaired) electrons. The summed E-state index contributed by atoms with van der Waals surface area (Å²) in [7, 11) is 0. The lowest BCUT2D eigenvalue weighted by Gasteiger charge is -2.03. The van der Waals surface area contributed by atoms with Crippen LogP contribution in [-0.4, -0.2) is 51.8 Å². The highest BCUT2D eigenvalue weighted by atomic mass is 16.6. The zero-order chi connectivity index (χ0) is 11.1. The van der Waals surface area contributed by atoms with Crippen molar-refractivity contribution >= 4 is 0 Å². The van der Waals surface area contributed by atoms with Crippen molar-refractivity contribution in [3.05, 3.63) is 0 Å². The highest BCUT2D eigenvalue weighted by Crippen LogP contribution is 2.10. The van der Waals surface area contributed by atoms with Crippen molar-refractivity contribution in [3.63, 3.8) is 0 Å². The first-order valence-corrected chi connectivity index (χ1v) is 6.34. The summed E-state index contributed by atoms with van der Waals surface area (Å²) in [5.74, 6) is 0. The lowest BCUT2D eigenvalue weighted by molar-refractivity contribution is 0.105. The summed E-state index contributed by atoms with van der Waals surface area (Å²) >= 11 is 0. The van der Waals surface area contributed by atoms with Gasteiger partial charge < -0.3 is 18.9 Å². The molecule has 0 bridgehead atoms. The van der Waals surface area contributed by atoms with Crippen molar-refractivity contribution in [2.75, 3.05) is 39.6 Å². The van der Waals surface area contributed by atoms with Gasteiger partial charge in [0.2, 0.25) is 0 Å². The van der Waals surface area contributed by atoms with E-state index in [0.717, 1.165) is 52.5 Å². The number of hydrogen-bond acceptors (Lipinski definition) is 4. The van der Waals surface area contributed by atoms with Gasteiger partial charge in [-0.25, -0.2) is 0 Å². The third-order valence-electron chi connectivity index (χ3n) is 2.74. The Kier molecular flexibility index (Phi) is 5.55. The highest BCUT2D eigenvalue weighted by Gasteiger charge is 2.22. The molecule has 0 aromatic rings. The summed E-state index contributed by atoms with van der Waals surface area (Å²) in [4.78, 5) is 0. The Morgan fingerprint density at radius 1 is 0.750 bits per heavy atom. The molecule has 16 heavy (non-hydrogen) atoms. The maximum atomic E-state index is 5.45. The van der Waals surface area contributed by atoms with Crippen molar-refractivity contribution in [1.29, 1.82) is 0 Å². The molecular weight excluding hydrogens is 208 g/mol. The molecular formula is C12H22O4. The van der Waals surface area contributed by atoms with Crippen molar-refractivity contribution in [2.45, 2.75) is 37.9 Å². The van der Waals surface area contributed by atoms with E-state index in [1.807, 2.05) is 0 Å². The Hall–Kier alpha value is -0.160. The van der Waals surface area contributed by atoms with Crippen LogP contribution in [0.25, 0.3) is 0 Å². The van der Waals surface area contributed by atoms with Crippen LogP contribution in [0, 0.1) is 0 Å². The molecule has 0 aromatic heterocycles. The maximum absolute atomic E-state index is 5.45. The van der Waals surface area contributed by atoms with Crippen LogP contribution < -0.4 is 0 Å². The number of ether oxygens (including phenoxy) is 4. The van der Waals surface area contributed by atoms with E-state index in [9.17, 15) is 0 Å². The topological polar surface area (TPSA) is 43.5 Å². The Morgan fingerprint density at radius 2 is 1.19 bits per heavy atom. The van der Waals surface area contributed by atoms with Crippen molar-refractivity contribution < 1.29 is 18.9 Å². The average molecular weight is 230 g/mol. The van der Waals surface area contributed by atoms with Crippen LogP contribution in [-0.2, 0) is 18.9 Å². The maximum Gasteiger partial charge on any atom is 0.104 e. The lowest BCUT2D eigenvalue weighted by Crippen LogP contribution is -2.04. The van der Waals surface area contributed by atoms with E-state index in [1.54, 1.807) is 0 Å². The quantitative estimate of drug-likeness (QED) is 0.397. The summed E-state index contributed by atoms with van der Waals surface area (Å²) < 4.78 is 21.0. The largest absolute Gasteiger partial charge is 0.379 e. The Bertz CT molecular complexity index is 158. The van der Waals surface area contributed by atoms with Crippen LogP contribution in [0.4, 0.5) is 0 Å². The van der Waals surface area contributed by atoms with Crippen molar-refractivity contribution in [2.24, 2.45) is 0 Å². The van der Waals surface area contributed by atoms with Crippen LogP contribution in [0.5, 0.6) is 0 Å². The molecule has 4 heteroatoms. The van der Waals surface area contributed by atoms with E-state index in [-0.39, 0.29) is 0 Å². The molecule has 2 aliphatic rings. The lowest BCUT2D eigenvalue weighted by atomic mass is 10.2. The first-order valence-electron chi connectivity index (χ1n) is 6.34. The first-order chi connectivity index (χ1) is 7.95. The summed E-state index contributed by atoms with van der Waals surface area (Å²) in [6.45, 7) is 5.09. The van der Waals surface area contributed by atoms with Gasteiger partial charge in [0, 0.05) is 13.2 Å². The first kappa shape index (κ1) is 12.3. The summed E-state index contributed by atoms with van der Waals surface area (Å²) in [5.41, 5.74) is 0. The standard InChI is InChI=1S/C12H22O4/c1(3-5-13-7-11-9-15-11)2-4-6-14-8-12-10-16-12/h11-12H,1-10H2/t11-,12-/m0/s1. The van der Waals surface area contributed by atoms with Gasteiger partial charge in [0.05, 0.1) is 26.4 Å². The molecule has 2 atom stereocenters. The van der Waals surface area contributed by atoms with E-state index in [1.165, 1.54) is 12.8 Å². The van der Waals surface area contributed by atoms with E-state index in [4.69, 9.17) is 18.9 Å². The zero-order valence-electron chi connectivity index (χ0n) is 9.86. The van der Waals surface area contributed by atoms with Crippen LogP contribution in [0.1, 0.15) is 25.7 Å². The molecule has 4 nitrogen and oxygen atoms in total. The summed E-state index contributed by atoms with van der Waals surface area (Å²) in [6, 6.07) is 0. The molecule has 0 N–H and O–H groups in total. The molecule has 2 rings (SSSR count). The second kappa shape index (κ2) is 7.22. The summed E-state index contributed by atoms with van der Waals surface area (Å²) in [6.07, 6.45) is 5.57. The number of hydrogen-bond donors (Lipinski definition) is 0. The van der Waals surface area contributed by atoms with E-state index >= 15 is 0 Å². The molecule has 0 aliphatic carbocycles. The molecule has 0 aromatic carbocycles. The van der Waals surface area contributed by atoms with Gasteiger partial charge in [0.1, 0.15) is 12.2 Å². The van der Waals surface area contributed by atoms with Gasteiger partial charge in [-0.3, -0.25) is 0 Å². The third kappa shape index (κ3) is 6.43. The second-order valence-electron chi connectivity index (χ2n) is 4.47. The van der Waals surface area contributed by atoms with Crippen molar-refractivity contribution in [1.82, 2.24) is 0 Å². The normalized spacial score (nSPS) is 27.0. The SMILES string of the molecule is C(CCCOC[C@H]1CO1)CCOC[C@H]1CO1. The second-order valence-corrected chi connectivity index (χ2v) is 4.47. The number of epoxide rings is 2. The molecule has 0 unspecified atom stereocenters. The molecule has 2 saturated heterocycles. The minimum Gasteiger partial charge on any atom is -0.379 e. The van der Waals surface area contributed by atoms with Crippen LogP contribution >= 0.6 is 0 Å². The molecule has 0 spiro atoms. The fraction of sp³-hybridized carbons (Fsp3) is 1.00. The molecule has 2 fully saturated rings. The zero-order valence-corrected chi connectivity index (χ0v) is 9.86. The molecule has 2 heterocycles. The number of rotatable bonds is 11. The molecule has 2 aliphatic heterocycles. The predicted octanol–water partition coefficient (Wildman–Crippen LogP) is 1.38.